The van der Waals surface area contributed by atoms with E-state index in [2.05, 4.69) is 10.6 Å². The van der Waals surface area contributed by atoms with Crippen LogP contribution in [0.4, 0.5) is 23.7 Å². The van der Waals surface area contributed by atoms with Crippen LogP contribution in [-0.2, 0) is 0 Å². The molecule has 142 valence electrons. The van der Waals surface area contributed by atoms with E-state index < -0.39 is 23.1 Å². The molecule has 2 N–H and O–H groups in total. The highest BCUT2D eigenvalue weighted by Gasteiger charge is 2.32. The number of halogens is 6. The van der Waals surface area contributed by atoms with Gasteiger partial charge in [-0.2, -0.15) is 13.2 Å². The van der Waals surface area contributed by atoms with Crippen molar-refractivity contribution in [2.24, 2.45) is 0 Å². The van der Waals surface area contributed by atoms with Crippen LogP contribution in [0.3, 0.4) is 0 Å². The fourth-order valence-corrected chi connectivity index (χ4v) is 2.50. The third kappa shape index (κ3) is 5.89. The van der Waals surface area contributed by atoms with Gasteiger partial charge in [0.1, 0.15) is 5.03 Å². The van der Waals surface area contributed by atoms with Gasteiger partial charge in [-0.15, -0.1) is 0 Å². The summed E-state index contributed by atoms with van der Waals surface area (Å²) in [4.78, 5) is 23.9. The second-order valence-electron chi connectivity index (χ2n) is 5.12. The summed E-state index contributed by atoms with van der Waals surface area (Å²) in [5, 5.41) is 3.19. The molecule has 0 atom stereocenters. The minimum atomic E-state index is -4.68. The maximum atomic E-state index is 12.4. The Hall–Kier alpha value is -2.22. The molecule has 0 saturated heterocycles. The van der Waals surface area contributed by atoms with Gasteiger partial charge in [0, 0.05) is 0 Å². The molecule has 0 bridgehead atoms. The van der Waals surface area contributed by atoms with Crippen LogP contribution >= 0.6 is 34.8 Å². The molecule has 3 amide bonds. The van der Waals surface area contributed by atoms with Crippen molar-refractivity contribution >= 4 is 58.5 Å². The lowest BCUT2D eigenvalue weighted by atomic mass is 10.2. The average Bonchev–Trinajstić information content (AvgIpc) is 2.56. The molecular formula is C17H10Cl3F3N2O2. The van der Waals surface area contributed by atoms with E-state index in [1.54, 1.807) is 12.1 Å². The topological polar surface area (TPSA) is 58.2 Å². The van der Waals surface area contributed by atoms with Gasteiger partial charge in [-0.1, -0.05) is 53.0 Å². The minimum Gasteiger partial charge on any atom is -0.306 e. The number of alkyl halides is 3. The number of hydrogen-bond donors (Lipinski definition) is 2. The van der Waals surface area contributed by atoms with Gasteiger partial charge < -0.3 is 5.32 Å². The quantitative estimate of drug-likeness (QED) is 0.610. The first-order chi connectivity index (χ1) is 12.6. The van der Waals surface area contributed by atoms with Crippen LogP contribution in [-0.4, -0.2) is 18.1 Å². The molecule has 0 spiro atoms. The van der Waals surface area contributed by atoms with Gasteiger partial charge in [-0.05, 0) is 35.9 Å². The first-order valence-electron chi connectivity index (χ1n) is 7.18. The molecule has 0 heterocycles. The minimum absolute atomic E-state index is 0.0456. The van der Waals surface area contributed by atoms with Gasteiger partial charge in [-0.3, -0.25) is 10.1 Å². The number of rotatable bonds is 3. The molecule has 10 heteroatoms. The molecule has 2 aromatic carbocycles. The van der Waals surface area contributed by atoms with Gasteiger partial charge in [0.25, 0.3) is 5.91 Å². The van der Waals surface area contributed by atoms with Crippen molar-refractivity contribution < 1.29 is 22.8 Å². The second-order valence-corrected chi connectivity index (χ2v) is 6.34. The van der Waals surface area contributed by atoms with E-state index in [0.717, 1.165) is 0 Å². The first-order valence-corrected chi connectivity index (χ1v) is 8.32. The number of benzene rings is 2. The van der Waals surface area contributed by atoms with Gasteiger partial charge >= 0.3 is 12.2 Å². The number of anilines is 1. The summed E-state index contributed by atoms with van der Waals surface area (Å²) in [6, 6.07) is 8.96. The van der Waals surface area contributed by atoms with Crippen molar-refractivity contribution in [3.63, 3.8) is 0 Å². The molecule has 0 aromatic heterocycles. The summed E-state index contributed by atoms with van der Waals surface area (Å²) in [6.45, 7) is 0. The second kappa shape index (κ2) is 8.65. The Bertz CT molecular complexity index is 915. The number of carbonyl (C=O) groups is 2. The highest BCUT2D eigenvalue weighted by Crippen LogP contribution is 2.31. The highest BCUT2D eigenvalue weighted by atomic mass is 35.5. The standard InChI is InChI=1S/C17H10Cl3F3N2O2/c18-11-4-2-1-3-10(11)15(26)25-16(27)24-13-6-5-9(7-12(13)19)8-14(20)17(21,22)23/h1-8H,(H2,24,25,26,27). The third-order valence-electron chi connectivity index (χ3n) is 3.15. The molecule has 0 unspecified atom stereocenters. The first kappa shape index (κ1) is 21.1. The molecule has 2 aromatic rings. The zero-order valence-electron chi connectivity index (χ0n) is 13.2. The zero-order chi connectivity index (χ0) is 20.2. The molecule has 0 aliphatic rings. The molecule has 27 heavy (non-hydrogen) atoms. The van der Waals surface area contributed by atoms with Crippen LogP contribution in [0, 0.1) is 0 Å². The molecule has 0 fully saturated rings. The SMILES string of the molecule is O=C(NC(=O)c1ccccc1Cl)Nc1ccc(C=C(Cl)C(F)(F)F)cc1Cl. The fraction of sp³-hybridized carbons (Fsp3) is 0.0588. The average molecular weight is 438 g/mol. The summed E-state index contributed by atoms with van der Waals surface area (Å²) in [5.41, 5.74) is 0.268. The molecular weight excluding hydrogens is 428 g/mol. The van der Waals surface area contributed by atoms with Gasteiger partial charge in [0.15, 0.2) is 0 Å². The number of urea groups is 1. The van der Waals surface area contributed by atoms with Crippen LogP contribution in [0.5, 0.6) is 0 Å². The number of hydrogen-bond acceptors (Lipinski definition) is 2. The predicted octanol–water partition coefficient (Wildman–Crippen LogP) is 6.10. The smallest absolute Gasteiger partial charge is 0.306 e. The number of carbonyl (C=O) groups excluding carboxylic acids is 2. The Morgan fingerprint density at radius 2 is 1.67 bits per heavy atom. The normalized spacial score (nSPS) is 11.9. The number of imide groups is 1. The van der Waals surface area contributed by atoms with E-state index >= 15 is 0 Å². The van der Waals surface area contributed by atoms with Crippen LogP contribution in [0.1, 0.15) is 15.9 Å². The van der Waals surface area contributed by atoms with E-state index in [4.69, 9.17) is 34.8 Å². The van der Waals surface area contributed by atoms with Gasteiger partial charge in [0.05, 0.1) is 21.3 Å². The van der Waals surface area contributed by atoms with Crippen molar-refractivity contribution in [1.29, 1.82) is 0 Å². The summed E-state index contributed by atoms with van der Waals surface area (Å²) in [5.74, 6) is -0.731. The monoisotopic (exact) mass is 436 g/mol. The molecule has 0 radical (unpaired) electrons. The summed E-state index contributed by atoms with van der Waals surface area (Å²) >= 11 is 17.0. The lowest BCUT2D eigenvalue weighted by Crippen LogP contribution is -2.34. The highest BCUT2D eigenvalue weighted by molar-refractivity contribution is 6.35. The van der Waals surface area contributed by atoms with Crippen LogP contribution in [0.2, 0.25) is 10.0 Å². The van der Waals surface area contributed by atoms with Crippen molar-refractivity contribution in [1.82, 2.24) is 5.32 Å². The lowest BCUT2D eigenvalue weighted by Gasteiger charge is -2.10. The fourth-order valence-electron chi connectivity index (χ4n) is 1.92. The predicted molar refractivity (Wildman–Crippen MR) is 99.3 cm³/mol. The van der Waals surface area contributed by atoms with E-state index in [1.165, 1.54) is 30.3 Å². The van der Waals surface area contributed by atoms with Crippen molar-refractivity contribution in [2.45, 2.75) is 6.18 Å². The number of allylic oxidation sites excluding steroid dienone is 1. The van der Waals surface area contributed by atoms with E-state index in [0.29, 0.717) is 6.08 Å². The Labute approximate surface area is 166 Å². The van der Waals surface area contributed by atoms with Crippen molar-refractivity contribution in [3.8, 4) is 0 Å². The van der Waals surface area contributed by atoms with Gasteiger partial charge in [0.2, 0.25) is 0 Å². The van der Waals surface area contributed by atoms with Crippen LogP contribution in [0.15, 0.2) is 47.5 Å². The van der Waals surface area contributed by atoms with Crippen molar-refractivity contribution in [3.05, 3.63) is 68.7 Å². The number of nitrogens with one attached hydrogen (secondary N) is 2. The maximum Gasteiger partial charge on any atom is 0.426 e. The largest absolute Gasteiger partial charge is 0.426 e. The van der Waals surface area contributed by atoms with Crippen LogP contribution < -0.4 is 10.6 Å². The summed E-state index contributed by atoms with van der Waals surface area (Å²) in [7, 11) is 0. The molecule has 0 aliphatic heterocycles. The number of amides is 3. The van der Waals surface area contributed by atoms with Gasteiger partial charge in [-0.25, -0.2) is 4.79 Å². The van der Waals surface area contributed by atoms with E-state index in [1.807, 2.05) is 0 Å². The van der Waals surface area contributed by atoms with Crippen LogP contribution in [0.25, 0.3) is 6.08 Å². The lowest BCUT2D eigenvalue weighted by molar-refractivity contribution is -0.0836. The summed E-state index contributed by atoms with van der Waals surface area (Å²) < 4.78 is 37.3. The van der Waals surface area contributed by atoms with E-state index in [-0.39, 0.29) is 26.9 Å². The Morgan fingerprint density at radius 3 is 2.26 bits per heavy atom. The molecule has 0 saturated carbocycles. The Morgan fingerprint density at radius 1 is 1.00 bits per heavy atom. The maximum absolute atomic E-state index is 12.4. The summed E-state index contributed by atoms with van der Waals surface area (Å²) in [6.07, 6.45) is -3.98. The van der Waals surface area contributed by atoms with E-state index in [9.17, 15) is 22.8 Å². The molecule has 0 aliphatic carbocycles. The molecule has 2 rings (SSSR count). The Kier molecular flexibility index (Phi) is 6.75. The Balaban J connectivity index is 2.08. The molecule has 4 nitrogen and oxygen atoms in total. The third-order valence-corrected chi connectivity index (χ3v) is 4.12. The zero-order valence-corrected chi connectivity index (χ0v) is 15.5. The van der Waals surface area contributed by atoms with Crippen molar-refractivity contribution in [2.75, 3.05) is 5.32 Å².